The minimum atomic E-state index is -4.40. The maximum Gasteiger partial charge on any atom is 0.405 e. The molecule has 0 radical (unpaired) electrons. The summed E-state index contributed by atoms with van der Waals surface area (Å²) in [6, 6.07) is 5.53. The molecular weight excluding hydrogens is 361 g/mol. The SMILES string of the molecule is CC1(C)CC(=O)NN1[C@@H](CCc1cccc(Br)c1)C(F)(F)F. The Bertz CT molecular complexity index is 560. The zero-order valence-corrected chi connectivity index (χ0v) is 14.0. The molecule has 1 saturated heterocycles. The molecule has 1 aliphatic rings. The molecule has 0 aromatic heterocycles. The van der Waals surface area contributed by atoms with Crippen molar-refractivity contribution in [3.63, 3.8) is 0 Å². The molecule has 0 saturated carbocycles. The molecule has 1 aromatic rings. The van der Waals surface area contributed by atoms with E-state index in [0.29, 0.717) is 0 Å². The molecule has 0 aliphatic carbocycles. The largest absolute Gasteiger partial charge is 0.405 e. The van der Waals surface area contributed by atoms with Gasteiger partial charge in [0.25, 0.3) is 0 Å². The lowest BCUT2D eigenvalue weighted by Crippen LogP contribution is -2.56. The third-order valence-electron chi connectivity index (χ3n) is 3.78. The summed E-state index contributed by atoms with van der Waals surface area (Å²) in [5, 5.41) is 1.06. The number of amides is 1. The summed E-state index contributed by atoms with van der Waals surface area (Å²) >= 11 is 3.31. The molecule has 1 N–H and O–H groups in total. The van der Waals surface area contributed by atoms with E-state index in [2.05, 4.69) is 21.4 Å². The fourth-order valence-corrected chi connectivity index (χ4v) is 3.18. The Labute approximate surface area is 136 Å². The summed E-state index contributed by atoms with van der Waals surface area (Å²) in [4.78, 5) is 11.5. The Hall–Kier alpha value is -1.08. The van der Waals surface area contributed by atoms with E-state index in [0.717, 1.165) is 15.0 Å². The Morgan fingerprint density at radius 2 is 2.09 bits per heavy atom. The van der Waals surface area contributed by atoms with Crippen molar-refractivity contribution in [2.45, 2.75) is 50.9 Å². The van der Waals surface area contributed by atoms with Crippen LogP contribution in [0.5, 0.6) is 0 Å². The van der Waals surface area contributed by atoms with Crippen LogP contribution < -0.4 is 5.43 Å². The quantitative estimate of drug-likeness (QED) is 0.863. The van der Waals surface area contributed by atoms with Crippen molar-refractivity contribution in [3.8, 4) is 0 Å². The lowest BCUT2D eigenvalue weighted by atomic mass is 9.97. The molecule has 22 heavy (non-hydrogen) atoms. The number of hydrazine groups is 1. The molecule has 2 rings (SSSR count). The van der Waals surface area contributed by atoms with Crippen molar-refractivity contribution in [2.24, 2.45) is 0 Å². The van der Waals surface area contributed by atoms with Crippen molar-refractivity contribution < 1.29 is 18.0 Å². The molecule has 122 valence electrons. The monoisotopic (exact) mass is 378 g/mol. The number of benzene rings is 1. The van der Waals surface area contributed by atoms with Gasteiger partial charge in [-0.3, -0.25) is 10.2 Å². The zero-order valence-electron chi connectivity index (χ0n) is 12.4. The summed E-state index contributed by atoms with van der Waals surface area (Å²) in [6.45, 7) is 3.28. The van der Waals surface area contributed by atoms with Crippen LogP contribution in [0.15, 0.2) is 28.7 Å². The zero-order chi connectivity index (χ0) is 16.5. The number of halogens is 4. The molecule has 1 aliphatic heterocycles. The van der Waals surface area contributed by atoms with Gasteiger partial charge in [-0.15, -0.1) is 0 Å². The number of carbonyl (C=O) groups excluding carboxylic acids is 1. The lowest BCUT2D eigenvalue weighted by Gasteiger charge is -2.37. The van der Waals surface area contributed by atoms with Crippen LogP contribution in [0.2, 0.25) is 0 Å². The van der Waals surface area contributed by atoms with E-state index >= 15 is 0 Å². The Balaban J connectivity index is 2.16. The molecule has 1 aromatic carbocycles. The van der Waals surface area contributed by atoms with Gasteiger partial charge in [-0.1, -0.05) is 28.1 Å². The highest BCUT2D eigenvalue weighted by Crippen LogP contribution is 2.35. The van der Waals surface area contributed by atoms with Crippen molar-refractivity contribution >= 4 is 21.8 Å². The number of hydrogen-bond acceptors (Lipinski definition) is 2. The van der Waals surface area contributed by atoms with E-state index < -0.39 is 17.8 Å². The molecule has 0 unspecified atom stereocenters. The molecule has 1 amide bonds. The summed E-state index contributed by atoms with van der Waals surface area (Å²) in [6.07, 6.45) is -4.16. The summed E-state index contributed by atoms with van der Waals surface area (Å²) in [7, 11) is 0. The first-order chi connectivity index (χ1) is 10.1. The Morgan fingerprint density at radius 1 is 1.41 bits per heavy atom. The van der Waals surface area contributed by atoms with E-state index in [1.165, 1.54) is 0 Å². The maximum atomic E-state index is 13.4. The summed E-state index contributed by atoms with van der Waals surface area (Å²) in [5.74, 6) is -0.373. The third-order valence-corrected chi connectivity index (χ3v) is 4.27. The highest BCUT2D eigenvalue weighted by atomic mass is 79.9. The Morgan fingerprint density at radius 3 is 2.59 bits per heavy atom. The number of hydrogen-bond donors (Lipinski definition) is 1. The van der Waals surface area contributed by atoms with Crippen LogP contribution in [0.4, 0.5) is 13.2 Å². The van der Waals surface area contributed by atoms with Gasteiger partial charge in [0, 0.05) is 16.4 Å². The number of alkyl halides is 3. The predicted molar refractivity (Wildman–Crippen MR) is 81.0 cm³/mol. The standard InChI is InChI=1S/C15H18BrF3N2O/c1-14(2)9-13(22)20-21(14)12(15(17,18)19)7-6-10-4-3-5-11(16)8-10/h3-5,8,12H,6-7,9H2,1-2H3,(H,20,22)/t12-/m0/s1. The average Bonchev–Trinajstić information content (AvgIpc) is 2.61. The average molecular weight is 379 g/mol. The van der Waals surface area contributed by atoms with Crippen molar-refractivity contribution in [1.82, 2.24) is 10.4 Å². The van der Waals surface area contributed by atoms with Crippen LogP contribution in [0.1, 0.15) is 32.3 Å². The number of carbonyl (C=O) groups is 1. The van der Waals surface area contributed by atoms with Crippen molar-refractivity contribution in [2.75, 3.05) is 0 Å². The van der Waals surface area contributed by atoms with E-state index in [9.17, 15) is 18.0 Å². The van der Waals surface area contributed by atoms with Gasteiger partial charge in [-0.2, -0.15) is 13.2 Å². The number of nitrogens with one attached hydrogen (secondary N) is 1. The van der Waals surface area contributed by atoms with Crippen LogP contribution >= 0.6 is 15.9 Å². The number of rotatable bonds is 4. The maximum absolute atomic E-state index is 13.4. The molecule has 1 atom stereocenters. The van der Waals surface area contributed by atoms with Gasteiger partial charge >= 0.3 is 6.18 Å². The summed E-state index contributed by atoms with van der Waals surface area (Å²) in [5.41, 5.74) is 2.34. The first-order valence-corrected chi connectivity index (χ1v) is 7.79. The lowest BCUT2D eigenvalue weighted by molar-refractivity contribution is -0.202. The van der Waals surface area contributed by atoms with Gasteiger partial charge in [0.1, 0.15) is 6.04 Å². The van der Waals surface area contributed by atoms with Crippen LogP contribution in [-0.2, 0) is 11.2 Å². The van der Waals surface area contributed by atoms with Gasteiger partial charge in [-0.25, -0.2) is 5.01 Å². The highest BCUT2D eigenvalue weighted by molar-refractivity contribution is 9.10. The minimum Gasteiger partial charge on any atom is -0.288 e. The van der Waals surface area contributed by atoms with E-state index in [4.69, 9.17) is 0 Å². The first kappa shape index (κ1) is 17.3. The second-order valence-electron chi connectivity index (χ2n) is 6.12. The van der Waals surface area contributed by atoms with Crippen LogP contribution in [-0.4, -0.2) is 28.7 Å². The van der Waals surface area contributed by atoms with E-state index in [-0.39, 0.29) is 25.2 Å². The van der Waals surface area contributed by atoms with Gasteiger partial charge in [-0.05, 0) is 44.4 Å². The van der Waals surface area contributed by atoms with E-state index in [1.807, 2.05) is 6.07 Å². The predicted octanol–water partition coefficient (Wildman–Crippen LogP) is 3.83. The number of nitrogens with zero attached hydrogens (tertiary/aromatic N) is 1. The number of aryl methyl sites for hydroxylation is 1. The molecule has 1 heterocycles. The fraction of sp³-hybridized carbons (Fsp3) is 0.533. The molecule has 0 bridgehead atoms. The molecule has 0 spiro atoms. The van der Waals surface area contributed by atoms with Crippen LogP contribution in [0.3, 0.4) is 0 Å². The molecular formula is C15H18BrF3N2O. The molecule has 1 fully saturated rings. The third kappa shape index (κ3) is 4.01. The van der Waals surface area contributed by atoms with Crippen LogP contribution in [0.25, 0.3) is 0 Å². The molecule has 3 nitrogen and oxygen atoms in total. The second-order valence-corrected chi connectivity index (χ2v) is 7.04. The van der Waals surface area contributed by atoms with Crippen LogP contribution in [0, 0.1) is 0 Å². The second kappa shape index (κ2) is 6.20. The topological polar surface area (TPSA) is 32.3 Å². The van der Waals surface area contributed by atoms with Gasteiger partial charge in [0.15, 0.2) is 0 Å². The highest BCUT2D eigenvalue weighted by Gasteiger charge is 2.51. The van der Waals surface area contributed by atoms with Gasteiger partial charge in [0.2, 0.25) is 5.91 Å². The summed E-state index contributed by atoms with van der Waals surface area (Å²) < 4.78 is 41.1. The van der Waals surface area contributed by atoms with E-state index in [1.54, 1.807) is 32.0 Å². The van der Waals surface area contributed by atoms with Gasteiger partial charge in [0.05, 0.1) is 0 Å². The smallest absolute Gasteiger partial charge is 0.288 e. The Kier molecular flexibility index (Phi) is 4.87. The van der Waals surface area contributed by atoms with Gasteiger partial charge < -0.3 is 0 Å². The fourth-order valence-electron chi connectivity index (χ4n) is 2.74. The minimum absolute atomic E-state index is 0.0659. The van der Waals surface area contributed by atoms with Crippen molar-refractivity contribution in [3.05, 3.63) is 34.3 Å². The normalized spacial score (nSPS) is 20.0. The first-order valence-electron chi connectivity index (χ1n) is 6.99. The van der Waals surface area contributed by atoms with Crippen molar-refractivity contribution in [1.29, 1.82) is 0 Å². The molecule has 7 heteroatoms.